The molecule has 9 nitrogen and oxygen atoms in total. The van der Waals surface area contributed by atoms with Crippen molar-refractivity contribution in [3.63, 3.8) is 0 Å². The molecule has 9 heteroatoms. The highest BCUT2D eigenvalue weighted by Gasteiger charge is 2.18. The number of non-ortho nitro benzene ring substituents is 1. The average molecular weight is 388 g/mol. The average Bonchev–Trinajstić information content (AvgIpc) is 2.71. The third-order valence-electron chi connectivity index (χ3n) is 3.71. The number of esters is 1. The van der Waals surface area contributed by atoms with Crippen molar-refractivity contribution in [2.45, 2.75) is 19.6 Å². The molecule has 0 radical (unpaired) electrons. The Morgan fingerprint density at radius 1 is 1.07 bits per heavy atom. The van der Waals surface area contributed by atoms with Gasteiger partial charge >= 0.3 is 5.97 Å². The highest BCUT2D eigenvalue weighted by molar-refractivity contribution is 5.83. The number of nitro benzene ring substituents is 1. The summed E-state index contributed by atoms with van der Waals surface area (Å²) in [6, 6.07) is 12.4. The minimum atomic E-state index is -0.994. The van der Waals surface area contributed by atoms with Crippen molar-refractivity contribution in [2.75, 3.05) is 13.7 Å². The molecule has 1 atom stereocenters. The Morgan fingerprint density at radius 2 is 1.68 bits per heavy atom. The minimum absolute atomic E-state index is 0.0860. The second kappa shape index (κ2) is 9.91. The number of rotatable bonds is 9. The summed E-state index contributed by atoms with van der Waals surface area (Å²) in [5, 5.41) is 13.3. The number of amides is 1. The number of nitrogens with zero attached hydrogens (tertiary/aromatic N) is 1. The predicted octanol–water partition coefficient (Wildman–Crippen LogP) is 2.23. The molecule has 0 saturated heterocycles. The number of hydrogen-bond acceptors (Lipinski definition) is 7. The third kappa shape index (κ3) is 6.27. The van der Waals surface area contributed by atoms with Crippen molar-refractivity contribution in [3.05, 3.63) is 64.2 Å². The van der Waals surface area contributed by atoms with E-state index >= 15 is 0 Å². The van der Waals surface area contributed by atoms with E-state index in [2.05, 4.69) is 5.32 Å². The first-order valence-electron chi connectivity index (χ1n) is 8.36. The molecule has 2 aromatic carbocycles. The number of nitro groups is 1. The zero-order chi connectivity index (χ0) is 20.5. The van der Waals surface area contributed by atoms with Crippen LogP contribution in [-0.4, -0.2) is 36.6 Å². The van der Waals surface area contributed by atoms with Crippen LogP contribution in [0, 0.1) is 10.1 Å². The lowest BCUT2D eigenvalue weighted by Crippen LogP contribution is -2.36. The summed E-state index contributed by atoms with van der Waals surface area (Å²) in [7, 11) is 1.57. The summed E-state index contributed by atoms with van der Waals surface area (Å²) < 4.78 is 15.3. The molecule has 0 fully saturated rings. The number of hydrogen-bond donors (Lipinski definition) is 1. The maximum atomic E-state index is 12.0. The molecule has 0 bridgehead atoms. The fraction of sp³-hybridized carbons (Fsp3) is 0.263. The summed E-state index contributed by atoms with van der Waals surface area (Å²) >= 11 is 0. The van der Waals surface area contributed by atoms with Gasteiger partial charge in [-0.15, -0.1) is 0 Å². The largest absolute Gasteiger partial charge is 0.497 e. The van der Waals surface area contributed by atoms with E-state index in [9.17, 15) is 19.7 Å². The Morgan fingerprint density at radius 3 is 2.25 bits per heavy atom. The van der Waals surface area contributed by atoms with Gasteiger partial charge in [0, 0.05) is 18.7 Å². The zero-order valence-corrected chi connectivity index (χ0v) is 15.4. The lowest BCUT2D eigenvalue weighted by atomic mass is 10.2. The van der Waals surface area contributed by atoms with Crippen LogP contribution in [0.2, 0.25) is 0 Å². The van der Waals surface area contributed by atoms with Crippen LogP contribution in [0.15, 0.2) is 48.5 Å². The second-order valence-electron chi connectivity index (χ2n) is 5.74. The van der Waals surface area contributed by atoms with Crippen LogP contribution in [0.4, 0.5) is 5.69 Å². The SMILES string of the molecule is COc1ccc(CNC(=O)[C@@H](C)OC(=O)COc2ccc([N+](=O)[O-])cc2)cc1. The van der Waals surface area contributed by atoms with Crippen molar-refractivity contribution in [1.82, 2.24) is 5.32 Å². The fourth-order valence-electron chi connectivity index (χ4n) is 2.17. The summed E-state index contributed by atoms with van der Waals surface area (Å²) in [5.41, 5.74) is 0.784. The number of benzene rings is 2. The maximum Gasteiger partial charge on any atom is 0.344 e. The van der Waals surface area contributed by atoms with Crippen molar-refractivity contribution in [2.24, 2.45) is 0 Å². The molecule has 0 aromatic heterocycles. The lowest BCUT2D eigenvalue weighted by Gasteiger charge is -2.14. The van der Waals surface area contributed by atoms with Gasteiger partial charge in [-0.3, -0.25) is 14.9 Å². The number of methoxy groups -OCH3 is 1. The first kappa shape index (κ1) is 20.7. The van der Waals surface area contributed by atoms with Crippen molar-refractivity contribution in [3.8, 4) is 11.5 Å². The van der Waals surface area contributed by atoms with Gasteiger partial charge in [0.1, 0.15) is 11.5 Å². The highest BCUT2D eigenvalue weighted by atomic mass is 16.6. The van der Waals surface area contributed by atoms with Gasteiger partial charge in [-0.1, -0.05) is 12.1 Å². The van der Waals surface area contributed by atoms with E-state index in [0.717, 1.165) is 5.56 Å². The summed E-state index contributed by atoms with van der Waals surface area (Å²) in [6.07, 6.45) is -0.994. The molecule has 0 spiro atoms. The van der Waals surface area contributed by atoms with Crippen LogP contribution in [0.25, 0.3) is 0 Å². The van der Waals surface area contributed by atoms with Gasteiger partial charge in [-0.05, 0) is 36.8 Å². The topological polar surface area (TPSA) is 117 Å². The van der Waals surface area contributed by atoms with Gasteiger partial charge in [-0.25, -0.2) is 4.79 Å². The van der Waals surface area contributed by atoms with Crippen LogP contribution >= 0.6 is 0 Å². The number of ether oxygens (including phenoxy) is 3. The molecule has 0 unspecified atom stereocenters. The number of carbonyl (C=O) groups excluding carboxylic acids is 2. The molecular formula is C19H20N2O7. The first-order chi connectivity index (χ1) is 13.4. The fourth-order valence-corrected chi connectivity index (χ4v) is 2.17. The molecule has 2 rings (SSSR count). The Bertz CT molecular complexity index is 819. The molecule has 0 aliphatic carbocycles. The molecule has 0 aliphatic rings. The monoisotopic (exact) mass is 388 g/mol. The molecule has 148 valence electrons. The van der Waals surface area contributed by atoms with E-state index in [1.165, 1.54) is 31.2 Å². The summed E-state index contributed by atoms with van der Waals surface area (Å²) in [4.78, 5) is 33.9. The zero-order valence-electron chi connectivity index (χ0n) is 15.4. The predicted molar refractivity (Wildman–Crippen MR) is 99.0 cm³/mol. The standard InChI is InChI=1S/C19H20N2O7/c1-13(19(23)20-11-14-3-7-16(26-2)8-4-14)28-18(22)12-27-17-9-5-15(6-10-17)21(24)25/h3-10,13H,11-12H2,1-2H3,(H,20,23)/t13-/m1/s1. The Hall–Kier alpha value is -3.62. The highest BCUT2D eigenvalue weighted by Crippen LogP contribution is 2.17. The molecule has 1 amide bonds. The van der Waals surface area contributed by atoms with E-state index in [0.29, 0.717) is 5.75 Å². The lowest BCUT2D eigenvalue weighted by molar-refractivity contribution is -0.384. The Kier molecular flexibility index (Phi) is 7.32. The maximum absolute atomic E-state index is 12.0. The number of nitrogens with one attached hydrogen (secondary N) is 1. The second-order valence-corrected chi connectivity index (χ2v) is 5.74. The molecule has 28 heavy (non-hydrogen) atoms. The number of carbonyl (C=O) groups is 2. The molecule has 0 aliphatic heterocycles. The van der Waals surface area contributed by atoms with Crippen LogP contribution in [0.1, 0.15) is 12.5 Å². The summed E-state index contributed by atoms with van der Waals surface area (Å²) in [6.45, 7) is 1.31. The van der Waals surface area contributed by atoms with Crippen molar-refractivity contribution < 1.29 is 28.7 Å². The third-order valence-corrected chi connectivity index (χ3v) is 3.71. The van der Waals surface area contributed by atoms with E-state index in [1.807, 2.05) is 12.1 Å². The van der Waals surface area contributed by atoms with Crippen molar-refractivity contribution >= 4 is 17.6 Å². The van der Waals surface area contributed by atoms with E-state index < -0.39 is 29.5 Å². The summed E-state index contributed by atoms with van der Waals surface area (Å²) in [5.74, 6) is -0.186. The van der Waals surface area contributed by atoms with E-state index in [-0.39, 0.29) is 18.0 Å². The first-order valence-corrected chi connectivity index (χ1v) is 8.36. The molecule has 1 N–H and O–H groups in total. The van der Waals surface area contributed by atoms with Gasteiger partial charge in [0.05, 0.1) is 12.0 Å². The van der Waals surface area contributed by atoms with Crippen LogP contribution in [0.5, 0.6) is 11.5 Å². The minimum Gasteiger partial charge on any atom is -0.497 e. The quantitative estimate of drug-likeness (QED) is 0.398. The van der Waals surface area contributed by atoms with E-state index in [1.54, 1.807) is 19.2 Å². The van der Waals surface area contributed by atoms with Crippen LogP contribution < -0.4 is 14.8 Å². The van der Waals surface area contributed by atoms with Gasteiger partial charge in [0.2, 0.25) is 0 Å². The molecule has 0 saturated carbocycles. The van der Waals surface area contributed by atoms with E-state index in [4.69, 9.17) is 14.2 Å². The smallest absolute Gasteiger partial charge is 0.344 e. The van der Waals surface area contributed by atoms with Gasteiger partial charge in [0.15, 0.2) is 12.7 Å². The Labute approximate surface area is 161 Å². The van der Waals surface area contributed by atoms with Crippen LogP contribution in [-0.2, 0) is 20.9 Å². The van der Waals surface area contributed by atoms with Gasteiger partial charge in [-0.2, -0.15) is 0 Å². The van der Waals surface area contributed by atoms with Crippen LogP contribution in [0.3, 0.4) is 0 Å². The van der Waals surface area contributed by atoms with Crippen molar-refractivity contribution in [1.29, 1.82) is 0 Å². The molecule has 2 aromatic rings. The Balaban J connectivity index is 1.74. The van der Waals surface area contributed by atoms with Gasteiger partial charge < -0.3 is 19.5 Å². The molecule has 0 heterocycles. The van der Waals surface area contributed by atoms with Gasteiger partial charge in [0.25, 0.3) is 11.6 Å². The normalized spacial score (nSPS) is 11.2. The molecular weight excluding hydrogens is 368 g/mol.